The molecule has 2 rings (SSSR count). The van der Waals surface area contributed by atoms with Crippen LogP contribution in [0.3, 0.4) is 0 Å². The Morgan fingerprint density at radius 3 is 2.64 bits per heavy atom. The molecule has 0 atom stereocenters. The SMILES string of the molecule is NCC1=CS(=O)(=O)c2cc(N)ccc21. The van der Waals surface area contributed by atoms with E-state index in [-0.39, 0.29) is 11.4 Å². The lowest BCUT2D eigenvalue weighted by atomic mass is 10.1. The third-order valence-electron chi connectivity index (χ3n) is 2.18. The van der Waals surface area contributed by atoms with Gasteiger partial charge in [0.1, 0.15) is 0 Å². The summed E-state index contributed by atoms with van der Waals surface area (Å²) in [5.41, 5.74) is 12.7. The van der Waals surface area contributed by atoms with Crippen LogP contribution >= 0.6 is 0 Å². The number of nitrogens with two attached hydrogens (primary N) is 2. The zero-order valence-corrected chi connectivity index (χ0v) is 8.21. The van der Waals surface area contributed by atoms with Gasteiger partial charge in [0.05, 0.1) is 4.90 Å². The van der Waals surface area contributed by atoms with Crippen molar-refractivity contribution >= 4 is 21.1 Å². The Morgan fingerprint density at radius 2 is 2.00 bits per heavy atom. The highest BCUT2D eigenvalue weighted by atomic mass is 32.2. The minimum Gasteiger partial charge on any atom is -0.399 e. The average molecular weight is 210 g/mol. The topological polar surface area (TPSA) is 86.2 Å². The predicted molar refractivity (Wildman–Crippen MR) is 55.1 cm³/mol. The van der Waals surface area contributed by atoms with Gasteiger partial charge in [0.2, 0.25) is 9.84 Å². The number of rotatable bonds is 1. The maximum absolute atomic E-state index is 11.6. The highest BCUT2D eigenvalue weighted by Gasteiger charge is 2.25. The molecule has 74 valence electrons. The monoisotopic (exact) mass is 210 g/mol. The maximum atomic E-state index is 11.6. The van der Waals surface area contributed by atoms with Crippen molar-refractivity contribution in [3.05, 3.63) is 29.2 Å². The standard InChI is InChI=1S/C9H10N2O2S/c10-4-6-5-14(12,13)9-3-7(11)1-2-8(6)9/h1-3,5H,4,10-11H2. The van der Waals surface area contributed by atoms with E-state index in [0.29, 0.717) is 16.8 Å². The van der Waals surface area contributed by atoms with Gasteiger partial charge in [0, 0.05) is 17.6 Å². The zero-order chi connectivity index (χ0) is 10.3. The van der Waals surface area contributed by atoms with Gasteiger partial charge in [0.25, 0.3) is 0 Å². The van der Waals surface area contributed by atoms with Gasteiger partial charge in [-0.3, -0.25) is 0 Å². The summed E-state index contributed by atoms with van der Waals surface area (Å²) in [6, 6.07) is 4.82. The molecule has 1 aliphatic rings. The van der Waals surface area contributed by atoms with Gasteiger partial charge in [-0.1, -0.05) is 6.07 Å². The minimum absolute atomic E-state index is 0.218. The number of fused-ring (bicyclic) bond motifs is 1. The first-order chi connectivity index (χ1) is 6.54. The van der Waals surface area contributed by atoms with Crippen LogP contribution in [-0.2, 0) is 9.84 Å². The fraction of sp³-hybridized carbons (Fsp3) is 0.111. The molecule has 4 nitrogen and oxygen atoms in total. The Labute approximate surface area is 82.1 Å². The molecule has 0 amide bonds. The number of hydrogen-bond acceptors (Lipinski definition) is 4. The molecule has 1 aliphatic heterocycles. The lowest BCUT2D eigenvalue weighted by Crippen LogP contribution is -2.00. The van der Waals surface area contributed by atoms with Crippen LogP contribution in [0, 0.1) is 0 Å². The van der Waals surface area contributed by atoms with Crippen molar-refractivity contribution < 1.29 is 8.42 Å². The van der Waals surface area contributed by atoms with Crippen molar-refractivity contribution in [1.82, 2.24) is 0 Å². The predicted octanol–water partition coefficient (Wildman–Crippen LogP) is 0.356. The van der Waals surface area contributed by atoms with Crippen molar-refractivity contribution in [1.29, 1.82) is 0 Å². The van der Waals surface area contributed by atoms with Crippen LogP contribution in [-0.4, -0.2) is 15.0 Å². The molecular weight excluding hydrogens is 200 g/mol. The highest BCUT2D eigenvalue weighted by molar-refractivity contribution is 7.95. The molecule has 0 radical (unpaired) electrons. The second-order valence-electron chi connectivity index (χ2n) is 3.15. The number of benzene rings is 1. The Morgan fingerprint density at radius 1 is 1.29 bits per heavy atom. The van der Waals surface area contributed by atoms with Crippen molar-refractivity contribution in [3.63, 3.8) is 0 Å². The largest absolute Gasteiger partial charge is 0.399 e. The normalized spacial score (nSPS) is 17.6. The zero-order valence-electron chi connectivity index (χ0n) is 7.40. The molecule has 5 heteroatoms. The quantitative estimate of drug-likeness (QED) is 0.655. The van der Waals surface area contributed by atoms with Gasteiger partial charge >= 0.3 is 0 Å². The van der Waals surface area contributed by atoms with Crippen LogP contribution in [0.1, 0.15) is 5.56 Å². The first kappa shape index (κ1) is 9.23. The minimum atomic E-state index is -3.31. The second-order valence-corrected chi connectivity index (χ2v) is 4.91. The molecule has 0 spiro atoms. The lowest BCUT2D eigenvalue weighted by molar-refractivity contribution is 0.605. The number of nitrogen functional groups attached to an aromatic ring is 1. The first-order valence-corrected chi connectivity index (χ1v) is 5.65. The molecule has 1 aromatic carbocycles. The molecule has 0 aliphatic carbocycles. The van der Waals surface area contributed by atoms with Gasteiger partial charge in [-0.15, -0.1) is 0 Å². The smallest absolute Gasteiger partial charge is 0.200 e. The van der Waals surface area contributed by atoms with E-state index in [2.05, 4.69) is 0 Å². The molecule has 0 bridgehead atoms. The van der Waals surface area contributed by atoms with Gasteiger partial charge in [0.15, 0.2) is 0 Å². The summed E-state index contributed by atoms with van der Waals surface area (Å²) < 4.78 is 23.2. The van der Waals surface area contributed by atoms with Crippen LogP contribution in [0.15, 0.2) is 28.5 Å². The fourth-order valence-electron chi connectivity index (χ4n) is 1.51. The van der Waals surface area contributed by atoms with Crippen molar-refractivity contribution in [2.75, 3.05) is 12.3 Å². The van der Waals surface area contributed by atoms with E-state index >= 15 is 0 Å². The van der Waals surface area contributed by atoms with E-state index in [0.717, 1.165) is 0 Å². The van der Waals surface area contributed by atoms with Crippen LogP contribution in [0.2, 0.25) is 0 Å². The third kappa shape index (κ3) is 1.21. The second kappa shape index (κ2) is 2.83. The Hall–Kier alpha value is -1.33. The third-order valence-corrected chi connectivity index (χ3v) is 3.72. The summed E-state index contributed by atoms with van der Waals surface area (Å²) in [6.45, 7) is 0.218. The summed E-state index contributed by atoms with van der Waals surface area (Å²) in [6.07, 6.45) is 0. The Balaban J connectivity index is 2.75. The van der Waals surface area contributed by atoms with E-state index in [1.54, 1.807) is 12.1 Å². The molecule has 0 saturated heterocycles. The molecular formula is C9H10N2O2S. The van der Waals surface area contributed by atoms with E-state index in [1.165, 1.54) is 11.5 Å². The summed E-state index contributed by atoms with van der Waals surface area (Å²) >= 11 is 0. The van der Waals surface area contributed by atoms with Crippen LogP contribution < -0.4 is 11.5 Å². The average Bonchev–Trinajstić information content (AvgIpc) is 2.38. The van der Waals surface area contributed by atoms with Crippen molar-refractivity contribution in [2.24, 2.45) is 5.73 Å². The van der Waals surface area contributed by atoms with Gasteiger partial charge in [-0.2, -0.15) is 0 Å². The van der Waals surface area contributed by atoms with E-state index in [4.69, 9.17) is 11.5 Å². The summed E-state index contributed by atoms with van der Waals surface area (Å²) in [4.78, 5) is 0.262. The molecule has 0 aromatic heterocycles. The van der Waals surface area contributed by atoms with Gasteiger partial charge in [-0.25, -0.2) is 8.42 Å². The van der Waals surface area contributed by atoms with E-state index < -0.39 is 9.84 Å². The van der Waals surface area contributed by atoms with Crippen LogP contribution in [0.25, 0.3) is 5.57 Å². The molecule has 4 N–H and O–H groups in total. The maximum Gasteiger partial charge on any atom is 0.200 e. The molecule has 0 saturated carbocycles. The fourth-order valence-corrected chi connectivity index (χ4v) is 3.04. The number of anilines is 1. The van der Waals surface area contributed by atoms with Crippen LogP contribution in [0.5, 0.6) is 0 Å². The summed E-state index contributed by atoms with van der Waals surface area (Å²) in [7, 11) is -3.31. The van der Waals surface area contributed by atoms with E-state index in [1.807, 2.05) is 0 Å². The molecule has 0 fully saturated rings. The van der Waals surface area contributed by atoms with Gasteiger partial charge in [-0.05, 0) is 23.3 Å². The first-order valence-electron chi connectivity index (χ1n) is 4.10. The van der Waals surface area contributed by atoms with Crippen LogP contribution in [0.4, 0.5) is 5.69 Å². The van der Waals surface area contributed by atoms with E-state index in [9.17, 15) is 8.42 Å². The van der Waals surface area contributed by atoms with Crippen molar-refractivity contribution in [3.8, 4) is 0 Å². The number of hydrogen-bond donors (Lipinski definition) is 2. The molecule has 1 aromatic rings. The van der Waals surface area contributed by atoms with Crippen molar-refractivity contribution in [2.45, 2.75) is 4.90 Å². The summed E-state index contributed by atoms with van der Waals surface area (Å²) in [5.74, 6) is 0. The van der Waals surface area contributed by atoms with Gasteiger partial charge < -0.3 is 11.5 Å². The Kier molecular flexibility index (Phi) is 1.87. The summed E-state index contributed by atoms with van der Waals surface area (Å²) in [5, 5.41) is 1.21. The Bertz CT molecular complexity index is 518. The number of sulfone groups is 1. The molecule has 0 unspecified atom stereocenters. The molecule has 1 heterocycles. The lowest BCUT2D eigenvalue weighted by Gasteiger charge is -2.02. The molecule has 14 heavy (non-hydrogen) atoms. The highest BCUT2D eigenvalue weighted by Crippen LogP contribution is 2.33.